The molecule has 5 nitrogen and oxygen atoms in total. The van der Waals surface area contributed by atoms with E-state index >= 15 is 0 Å². The molecule has 0 saturated heterocycles. The third-order valence-electron chi connectivity index (χ3n) is 1.70. The molecule has 5 heteroatoms. The summed E-state index contributed by atoms with van der Waals surface area (Å²) in [5.74, 6) is 1.96. The van der Waals surface area contributed by atoms with Crippen molar-refractivity contribution in [3.05, 3.63) is 0 Å². The second kappa shape index (κ2) is 7.83. The Labute approximate surface area is 90.0 Å². The third kappa shape index (κ3) is 6.52. The molecule has 0 aromatic heterocycles. The van der Waals surface area contributed by atoms with Crippen molar-refractivity contribution in [3.63, 3.8) is 0 Å². The van der Waals surface area contributed by atoms with Gasteiger partial charge in [-0.15, -0.1) is 6.42 Å². The number of hydrogen-bond acceptors (Lipinski definition) is 3. The molecule has 0 aromatic rings. The van der Waals surface area contributed by atoms with Crippen molar-refractivity contribution < 1.29 is 9.59 Å². The van der Waals surface area contributed by atoms with E-state index < -0.39 is 6.04 Å². The molecule has 0 aliphatic heterocycles. The Morgan fingerprint density at radius 2 is 2.07 bits per heavy atom. The molecule has 1 unspecified atom stereocenters. The topological polar surface area (TPSA) is 70.2 Å². The van der Waals surface area contributed by atoms with Crippen LogP contribution in [0.5, 0.6) is 0 Å². The molecule has 0 spiro atoms. The molecule has 0 fully saturated rings. The average molecular weight is 211 g/mol. The predicted molar refractivity (Wildman–Crippen MR) is 58.0 cm³/mol. The van der Waals surface area contributed by atoms with Crippen LogP contribution in [0.25, 0.3) is 0 Å². The Bertz CT molecular complexity index is 258. The van der Waals surface area contributed by atoms with Crippen molar-refractivity contribution in [2.24, 2.45) is 0 Å². The van der Waals surface area contributed by atoms with Gasteiger partial charge in [0.05, 0.1) is 19.1 Å². The minimum atomic E-state index is -0.430. The van der Waals surface area contributed by atoms with Gasteiger partial charge >= 0.3 is 0 Å². The lowest BCUT2D eigenvalue weighted by molar-refractivity contribution is -0.123. The van der Waals surface area contributed by atoms with Gasteiger partial charge in [-0.2, -0.15) is 0 Å². The molecular weight excluding hydrogens is 194 g/mol. The van der Waals surface area contributed by atoms with Crippen LogP contribution >= 0.6 is 0 Å². The van der Waals surface area contributed by atoms with Crippen LogP contribution in [0.15, 0.2) is 0 Å². The molecule has 0 aromatic carbocycles. The Kier molecular flexibility index (Phi) is 7.02. The molecule has 0 aliphatic rings. The average Bonchev–Trinajstić information content (AvgIpc) is 2.22. The van der Waals surface area contributed by atoms with Gasteiger partial charge in [-0.1, -0.05) is 5.92 Å². The van der Waals surface area contributed by atoms with Crippen molar-refractivity contribution in [2.45, 2.75) is 19.9 Å². The van der Waals surface area contributed by atoms with Gasteiger partial charge in [0.15, 0.2) is 0 Å². The van der Waals surface area contributed by atoms with Crippen LogP contribution in [-0.4, -0.2) is 37.5 Å². The van der Waals surface area contributed by atoms with E-state index in [0.717, 1.165) is 0 Å². The number of hydrogen-bond donors (Lipinski definition) is 3. The van der Waals surface area contributed by atoms with Crippen molar-refractivity contribution in [2.75, 3.05) is 19.6 Å². The maximum atomic E-state index is 11.3. The molecule has 0 rings (SSSR count). The number of amides is 2. The Morgan fingerprint density at radius 3 is 2.60 bits per heavy atom. The smallest absolute Gasteiger partial charge is 0.237 e. The summed E-state index contributed by atoms with van der Waals surface area (Å²) in [7, 11) is 0. The summed E-state index contributed by atoms with van der Waals surface area (Å²) in [6.45, 7) is 4.41. The Hall–Kier alpha value is -1.54. The highest BCUT2D eigenvalue weighted by Crippen LogP contribution is 1.80. The molecule has 0 radical (unpaired) electrons. The number of carbonyl (C=O) groups excluding carboxylic acids is 2. The van der Waals surface area contributed by atoms with Gasteiger partial charge in [-0.05, 0) is 13.8 Å². The molecular formula is C10H17N3O2. The molecule has 1 atom stereocenters. The number of nitrogens with one attached hydrogen (secondary N) is 3. The maximum Gasteiger partial charge on any atom is 0.237 e. The molecule has 0 heterocycles. The fraction of sp³-hybridized carbons (Fsp3) is 0.600. The SMILES string of the molecule is C#CCNC(=O)C(C)NCC(=O)NCC. The van der Waals surface area contributed by atoms with Crippen molar-refractivity contribution >= 4 is 11.8 Å². The fourth-order valence-electron chi connectivity index (χ4n) is 0.889. The minimum absolute atomic E-state index is 0.123. The number of rotatable bonds is 6. The molecule has 0 saturated carbocycles. The summed E-state index contributed by atoms with van der Waals surface area (Å²) in [6, 6.07) is -0.430. The van der Waals surface area contributed by atoms with Crippen molar-refractivity contribution in [1.82, 2.24) is 16.0 Å². The van der Waals surface area contributed by atoms with Crippen LogP contribution in [0.2, 0.25) is 0 Å². The predicted octanol–water partition coefficient (Wildman–Crippen LogP) is -1.15. The van der Waals surface area contributed by atoms with E-state index in [1.54, 1.807) is 6.92 Å². The molecule has 2 amide bonds. The number of terminal acetylenes is 1. The zero-order valence-corrected chi connectivity index (χ0v) is 9.09. The van der Waals surface area contributed by atoms with Gasteiger partial charge in [0, 0.05) is 6.54 Å². The summed E-state index contributed by atoms with van der Waals surface area (Å²) >= 11 is 0. The second-order valence-corrected chi connectivity index (χ2v) is 2.98. The van der Waals surface area contributed by atoms with Crippen LogP contribution in [0, 0.1) is 12.3 Å². The van der Waals surface area contributed by atoms with Crippen molar-refractivity contribution in [1.29, 1.82) is 0 Å². The standard InChI is InChI=1S/C10H17N3O2/c1-4-6-12-10(15)8(3)13-7-9(14)11-5-2/h1,8,13H,5-7H2,2-3H3,(H,11,14)(H,12,15). The number of likely N-dealkylation sites (N-methyl/N-ethyl adjacent to an activating group) is 1. The van der Waals surface area contributed by atoms with Gasteiger partial charge in [0.25, 0.3) is 0 Å². The van der Waals surface area contributed by atoms with E-state index in [4.69, 9.17) is 6.42 Å². The highest BCUT2D eigenvalue weighted by atomic mass is 16.2. The van der Waals surface area contributed by atoms with Gasteiger partial charge in [-0.25, -0.2) is 0 Å². The van der Waals surface area contributed by atoms with Gasteiger partial charge in [0.1, 0.15) is 0 Å². The minimum Gasteiger partial charge on any atom is -0.355 e. The van der Waals surface area contributed by atoms with Crippen LogP contribution in [-0.2, 0) is 9.59 Å². The number of carbonyl (C=O) groups is 2. The van der Waals surface area contributed by atoms with Crippen LogP contribution in [0.3, 0.4) is 0 Å². The quantitative estimate of drug-likeness (QED) is 0.486. The van der Waals surface area contributed by atoms with Gasteiger partial charge in [-0.3, -0.25) is 14.9 Å². The zero-order valence-electron chi connectivity index (χ0n) is 9.09. The molecule has 84 valence electrons. The van der Waals surface area contributed by atoms with E-state index in [2.05, 4.69) is 21.9 Å². The zero-order chi connectivity index (χ0) is 11.7. The van der Waals surface area contributed by atoms with Gasteiger partial charge < -0.3 is 10.6 Å². The van der Waals surface area contributed by atoms with Gasteiger partial charge in [0.2, 0.25) is 11.8 Å². The lowest BCUT2D eigenvalue weighted by Gasteiger charge is -2.12. The molecule has 0 aliphatic carbocycles. The third-order valence-corrected chi connectivity index (χ3v) is 1.70. The Balaban J connectivity index is 3.73. The van der Waals surface area contributed by atoms with Crippen LogP contribution < -0.4 is 16.0 Å². The first kappa shape index (κ1) is 13.5. The highest BCUT2D eigenvalue weighted by molar-refractivity contribution is 5.83. The summed E-state index contributed by atoms with van der Waals surface area (Å²) in [6.07, 6.45) is 4.99. The van der Waals surface area contributed by atoms with Crippen LogP contribution in [0.1, 0.15) is 13.8 Å². The lowest BCUT2D eigenvalue weighted by atomic mass is 10.3. The summed E-state index contributed by atoms with van der Waals surface area (Å²) in [5.41, 5.74) is 0. The highest BCUT2D eigenvalue weighted by Gasteiger charge is 2.11. The molecule has 0 bridgehead atoms. The fourth-order valence-corrected chi connectivity index (χ4v) is 0.889. The maximum absolute atomic E-state index is 11.3. The summed E-state index contributed by atoms with van der Waals surface area (Å²) in [4.78, 5) is 22.3. The second-order valence-electron chi connectivity index (χ2n) is 2.98. The largest absolute Gasteiger partial charge is 0.355 e. The monoisotopic (exact) mass is 211 g/mol. The Morgan fingerprint density at radius 1 is 1.40 bits per heavy atom. The summed E-state index contributed by atoms with van der Waals surface area (Å²) in [5, 5.41) is 7.92. The lowest BCUT2D eigenvalue weighted by Crippen LogP contribution is -2.46. The van der Waals surface area contributed by atoms with E-state index in [9.17, 15) is 9.59 Å². The normalized spacial score (nSPS) is 11.3. The van der Waals surface area contributed by atoms with Crippen molar-refractivity contribution in [3.8, 4) is 12.3 Å². The van der Waals surface area contributed by atoms with E-state index in [1.165, 1.54) is 0 Å². The van der Waals surface area contributed by atoms with E-state index in [1.807, 2.05) is 6.92 Å². The first-order chi connectivity index (χ1) is 7.11. The first-order valence-corrected chi connectivity index (χ1v) is 4.83. The summed E-state index contributed by atoms with van der Waals surface area (Å²) < 4.78 is 0. The van der Waals surface area contributed by atoms with E-state index in [0.29, 0.717) is 6.54 Å². The molecule has 15 heavy (non-hydrogen) atoms. The first-order valence-electron chi connectivity index (χ1n) is 4.83. The van der Waals surface area contributed by atoms with E-state index in [-0.39, 0.29) is 24.9 Å². The molecule has 3 N–H and O–H groups in total. The van der Waals surface area contributed by atoms with Crippen LogP contribution in [0.4, 0.5) is 0 Å².